The first-order valence-electron chi connectivity index (χ1n) is 8.23. The van der Waals surface area contributed by atoms with Gasteiger partial charge in [0.2, 0.25) is 15.9 Å². The van der Waals surface area contributed by atoms with Crippen molar-refractivity contribution in [2.75, 3.05) is 0 Å². The number of hydrogen-bond acceptors (Lipinski definition) is 3. The van der Waals surface area contributed by atoms with Crippen LogP contribution in [0.3, 0.4) is 0 Å². The summed E-state index contributed by atoms with van der Waals surface area (Å²) in [7, 11) is -3.72. The second-order valence-corrected chi connectivity index (χ2v) is 7.90. The van der Waals surface area contributed by atoms with Crippen LogP contribution in [0.15, 0.2) is 59.5 Å². The number of nitrogens with two attached hydrogens (primary N) is 1. The fraction of sp³-hybridized carbons (Fsp3) is 0.211. The molecular weight excluding hydrogens is 350 g/mol. The number of carbonyl (C=O) groups is 1. The summed E-state index contributed by atoms with van der Waals surface area (Å²) in [6.45, 7) is 4.05. The summed E-state index contributed by atoms with van der Waals surface area (Å²) in [4.78, 5) is 12.5. The van der Waals surface area contributed by atoms with Crippen LogP contribution in [-0.4, -0.2) is 18.9 Å². The quantitative estimate of drug-likeness (QED) is 0.721. The normalized spacial score (nSPS) is 12.9. The van der Waals surface area contributed by atoms with Gasteiger partial charge in [0.1, 0.15) is 6.54 Å². The summed E-state index contributed by atoms with van der Waals surface area (Å²) in [6.07, 6.45) is 0. The first-order chi connectivity index (χ1) is 12.3. The molecule has 1 amide bonds. The maximum atomic E-state index is 12.5. The minimum atomic E-state index is -3.72. The molecule has 0 saturated carbocycles. The molecule has 3 N–H and O–H groups in total. The van der Waals surface area contributed by atoms with Gasteiger partial charge < -0.3 is 9.88 Å². The van der Waals surface area contributed by atoms with E-state index in [2.05, 4.69) is 11.4 Å². The molecular formula is C19H21N3O3S. The van der Waals surface area contributed by atoms with Crippen LogP contribution < -0.4 is 10.5 Å². The molecule has 0 radical (unpaired) electrons. The van der Waals surface area contributed by atoms with E-state index in [1.54, 1.807) is 12.1 Å². The van der Waals surface area contributed by atoms with Crippen LogP contribution in [0.2, 0.25) is 0 Å². The maximum Gasteiger partial charge on any atom is 0.240 e. The monoisotopic (exact) mass is 371 g/mol. The summed E-state index contributed by atoms with van der Waals surface area (Å²) in [6, 6.07) is 15.9. The lowest BCUT2D eigenvalue weighted by atomic mass is 10.1. The van der Waals surface area contributed by atoms with Gasteiger partial charge in [-0.1, -0.05) is 30.3 Å². The molecule has 6 nitrogen and oxygen atoms in total. The average molecular weight is 371 g/mol. The third-order valence-corrected chi connectivity index (χ3v) is 5.33. The van der Waals surface area contributed by atoms with Crippen molar-refractivity contribution in [3.05, 3.63) is 65.9 Å². The molecule has 0 spiro atoms. The third kappa shape index (κ3) is 3.79. The molecule has 7 heteroatoms. The lowest BCUT2D eigenvalue weighted by molar-refractivity contribution is -0.122. The molecule has 0 aliphatic rings. The van der Waals surface area contributed by atoms with Crippen LogP contribution in [0.5, 0.6) is 0 Å². The number of benzene rings is 2. The molecule has 3 aromatic rings. The van der Waals surface area contributed by atoms with Crippen molar-refractivity contribution >= 4 is 26.8 Å². The average Bonchev–Trinajstić information content (AvgIpc) is 2.90. The molecule has 26 heavy (non-hydrogen) atoms. The molecule has 0 saturated heterocycles. The van der Waals surface area contributed by atoms with Gasteiger partial charge in [0.05, 0.1) is 10.9 Å². The Kier molecular flexibility index (Phi) is 4.84. The van der Waals surface area contributed by atoms with Crippen molar-refractivity contribution in [2.45, 2.75) is 31.3 Å². The Morgan fingerprint density at radius 2 is 1.81 bits per heavy atom. The van der Waals surface area contributed by atoms with Crippen molar-refractivity contribution in [3.63, 3.8) is 0 Å². The number of aryl methyl sites for hydroxylation is 1. The van der Waals surface area contributed by atoms with Crippen LogP contribution in [0.25, 0.3) is 10.9 Å². The fourth-order valence-electron chi connectivity index (χ4n) is 3.02. The summed E-state index contributed by atoms with van der Waals surface area (Å²) in [5.74, 6) is -0.113. The number of nitrogens with one attached hydrogen (secondary N) is 1. The maximum absolute atomic E-state index is 12.5. The largest absolute Gasteiger partial charge is 0.348 e. The molecule has 3 rings (SSSR count). The number of amides is 1. The molecule has 0 fully saturated rings. The first kappa shape index (κ1) is 18.2. The molecule has 1 heterocycles. The number of sulfonamides is 1. The lowest BCUT2D eigenvalue weighted by Gasteiger charge is -2.16. The van der Waals surface area contributed by atoms with Crippen LogP contribution in [0.4, 0.5) is 0 Å². The Hall–Kier alpha value is -2.64. The standard InChI is InChI=1S/C19H21N3O3S/c1-13-11-16-5-3-4-6-18(16)22(13)12-19(23)21-14(2)15-7-9-17(10-8-15)26(20,24)25/h3-11,14H,12H2,1-2H3,(H,21,23)(H2,20,24,25)/t14-/m1/s1. The summed E-state index contributed by atoms with van der Waals surface area (Å²) in [5, 5.41) is 9.14. The van der Waals surface area contributed by atoms with E-state index in [4.69, 9.17) is 5.14 Å². The number of rotatable bonds is 5. The highest BCUT2D eigenvalue weighted by Crippen LogP contribution is 2.20. The summed E-state index contributed by atoms with van der Waals surface area (Å²) in [5.41, 5.74) is 2.84. The highest BCUT2D eigenvalue weighted by atomic mass is 32.2. The number of para-hydroxylation sites is 1. The van der Waals surface area contributed by atoms with Crippen molar-refractivity contribution in [2.24, 2.45) is 5.14 Å². The van der Waals surface area contributed by atoms with Crippen LogP contribution >= 0.6 is 0 Å². The van der Waals surface area contributed by atoms with Gasteiger partial charge in [-0.15, -0.1) is 0 Å². The summed E-state index contributed by atoms with van der Waals surface area (Å²) < 4.78 is 24.6. The van der Waals surface area contributed by atoms with E-state index >= 15 is 0 Å². The Morgan fingerprint density at radius 1 is 1.15 bits per heavy atom. The van der Waals surface area contributed by atoms with Gasteiger partial charge in [-0.2, -0.15) is 0 Å². The molecule has 0 bridgehead atoms. The molecule has 1 atom stereocenters. The zero-order valence-corrected chi connectivity index (χ0v) is 15.5. The Labute approximate surface area is 152 Å². The summed E-state index contributed by atoms with van der Waals surface area (Å²) >= 11 is 0. The van der Waals surface area contributed by atoms with Gasteiger partial charge in [-0.25, -0.2) is 13.6 Å². The van der Waals surface area contributed by atoms with Crippen molar-refractivity contribution in [1.82, 2.24) is 9.88 Å². The third-order valence-electron chi connectivity index (χ3n) is 4.41. The highest BCUT2D eigenvalue weighted by Gasteiger charge is 2.14. The molecule has 1 aromatic heterocycles. The minimum absolute atomic E-state index is 0.0502. The predicted molar refractivity (Wildman–Crippen MR) is 101 cm³/mol. The SMILES string of the molecule is Cc1cc2ccccc2n1CC(=O)N[C@H](C)c1ccc(S(N)(=O)=O)cc1. The zero-order valence-electron chi connectivity index (χ0n) is 14.6. The van der Waals surface area contributed by atoms with E-state index in [1.807, 2.05) is 42.7 Å². The van der Waals surface area contributed by atoms with Gasteiger partial charge in [0, 0.05) is 11.2 Å². The van der Waals surface area contributed by atoms with Gasteiger partial charge in [0.15, 0.2) is 0 Å². The predicted octanol–water partition coefficient (Wildman–Crippen LogP) is 2.47. The van der Waals surface area contributed by atoms with E-state index in [9.17, 15) is 13.2 Å². The molecule has 136 valence electrons. The van der Waals surface area contributed by atoms with E-state index in [0.29, 0.717) is 0 Å². The fourth-order valence-corrected chi connectivity index (χ4v) is 3.53. The first-order valence-corrected chi connectivity index (χ1v) is 9.77. The molecule has 0 unspecified atom stereocenters. The Bertz CT molecular complexity index is 1050. The van der Waals surface area contributed by atoms with Crippen molar-refractivity contribution in [3.8, 4) is 0 Å². The molecule has 0 aliphatic carbocycles. The van der Waals surface area contributed by atoms with E-state index in [-0.39, 0.29) is 23.4 Å². The van der Waals surface area contributed by atoms with E-state index < -0.39 is 10.0 Å². The van der Waals surface area contributed by atoms with Gasteiger partial charge in [0.25, 0.3) is 0 Å². The molecule has 0 aliphatic heterocycles. The number of nitrogens with zero attached hydrogens (tertiary/aromatic N) is 1. The van der Waals surface area contributed by atoms with Crippen molar-refractivity contribution in [1.29, 1.82) is 0 Å². The van der Waals surface area contributed by atoms with Crippen LogP contribution in [0.1, 0.15) is 24.2 Å². The lowest BCUT2D eigenvalue weighted by Crippen LogP contribution is -2.30. The number of fused-ring (bicyclic) bond motifs is 1. The van der Waals surface area contributed by atoms with Crippen LogP contribution in [-0.2, 0) is 21.4 Å². The molecule has 2 aromatic carbocycles. The number of carbonyl (C=O) groups excluding carboxylic acids is 1. The van der Waals surface area contributed by atoms with Gasteiger partial charge in [-0.3, -0.25) is 4.79 Å². The number of aromatic nitrogens is 1. The van der Waals surface area contributed by atoms with Crippen molar-refractivity contribution < 1.29 is 13.2 Å². The number of hydrogen-bond donors (Lipinski definition) is 2. The van der Waals surface area contributed by atoms with E-state index in [0.717, 1.165) is 22.2 Å². The Balaban J connectivity index is 1.72. The van der Waals surface area contributed by atoms with Crippen LogP contribution in [0, 0.1) is 6.92 Å². The highest BCUT2D eigenvalue weighted by molar-refractivity contribution is 7.89. The second-order valence-electron chi connectivity index (χ2n) is 6.33. The topological polar surface area (TPSA) is 94.2 Å². The minimum Gasteiger partial charge on any atom is -0.348 e. The number of primary sulfonamides is 1. The van der Waals surface area contributed by atoms with Gasteiger partial charge in [-0.05, 0) is 49.1 Å². The second kappa shape index (κ2) is 6.93. The van der Waals surface area contributed by atoms with E-state index in [1.165, 1.54) is 12.1 Å². The zero-order chi connectivity index (χ0) is 18.9. The Morgan fingerprint density at radius 3 is 2.46 bits per heavy atom. The smallest absolute Gasteiger partial charge is 0.240 e. The van der Waals surface area contributed by atoms with Gasteiger partial charge >= 0.3 is 0 Å².